The van der Waals surface area contributed by atoms with Crippen LogP contribution in [0.4, 0.5) is 4.79 Å². The van der Waals surface area contributed by atoms with E-state index in [1.165, 1.54) is 7.11 Å². The number of carbonyl (C=O) groups excluding carboxylic acids is 2. The molecule has 1 aliphatic rings. The number of hydrogen-bond acceptors (Lipinski definition) is 5. The van der Waals surface area contributed by atoms with Crippen molar-refractivity contribution in [2.24, 2.45) is 0 Å². The molecule has 0 aliphatic carbocycles. The van der Waals surface area contributed by atoms with Crippen LogP contribution in [0.1, 0.15) is 42.3 Å². The first kappa shape index (κ1) is 20.0. The molecule has 6 nitrogen and oxygen atoms in total. The van der Waals surface area contributed by atoms with Crippen LogP contribution >= 0.6 is 0 Å². The second-order valence-electron chi connectivity index (χ2n) is 7.35. The van der Waals surface area contributed by atoms with Crippen LogP contribution in [0.5, 0.6) is 0 Å². The largest absolute Gasteiger partial charge is 0.465 e. The summed E-state index contributed by atoms with van der Waals surface area (Å²) in [6, 6.07) is 5.39. The van der Waals surface area contributed by atoms with E-state index in [0.717, 1.165) is 16.7 Å². The lowest BCUT2D eigenvalue weighted by Crippen LogP contribution is -2.44. The summed E-state index contributed by atoms with van der Waals surface area (Å²) in [7, 11) is 2.97. The molecule has 1 atom stereocenters. The zero-order chi connectivity index (χ0) is 19.5. The summed E-state index contributed by atoms with van der Waals surface area (Å²) in [6.45, 7) is 8.32. The molecule has 26 heavy (non-hydrogen) atoms. The van der Waals surface area contributed by atoms with Gasteiger partial charge in [-0.2, -0.15) is 0 Å². The van der Waals surface area contributed by atoms with E-state index in [4.69, 9.17) is 14.2 Å². The van der Waals surface area contributed by atoms with Crippen LogP contribution in [0, 0.1) is 6.92 Å². The highest BCUT2D eigenvalue weighted by Crippen LogP contribution is 2.27. The summed E-state index contributed by atoms with van der Waals surface area (Å²) in [5.41, 5.74) is 2.80. The third-order valence-corrected chi connectivity index (χ3v) is 4.10. The molecule has 0 aromatic heterocycles. The first-order valence-corrected chi connectivity index (χ1v) is 8.55. The van der Waals surface area contributed by atoms with Gasteiger partial charge in [-0.1, -0.05) is 6.07 Å². The summed E-state index contributed by atoms with van der Waals surface area (Å²) in [5.74, 6) is -0.373. The molecule has 0 spiro atoms. The fourth-order valence-corrected chi connectivity index (χ4v) is 2.87. The van der Waals surface area contributed by atoms with Crippen LogP contribution < -0.4 is 0 Å². The van der Waals surface area contributed by atoms with Crippen molar-refractivity contribution in [3.8, 4) is 0 Å². The smallest absolute Gasteiger partial charge is 0.410 e. The molecule has 0 radical (unpaired) electrons. The number of esters is 1. The van der Waals surface area contributed by atoms with Crippen molar-refractivity contribution in [2.75, 3.05) is 27.3 Å². The van der Waals surface area contributed by atoms with Gasteiger partial charge in [0.1, 0.15) is 5.60 Å². The van der Waals surface area contributed by atoms with Gasteiger partial charge in [0.2, 0.25) is 0 Å². The van der Waals surface area contributed by atoms with E-state index < -0.39 is 5.60 Å². The molecule has 0 saturated heterocycles. The molecule has 1 aliphatic heterocycles. The highest BCUT2D eigenvalue weighted by Gasteiger charge is 2.29. The van der Waals surface area contributed by atoms with Crippen LogP contribution in [-0.4, -0.2) is 56.0 Å². The number of benzene rings is 1. The Kier molecular flexibility index (Phi) is 6.08. The lowest BCUT2D eigenvalue weighted by molar-refractivity contribution is 0.0155. The maximum atomic E-state index is 12.5. The fourth-order valence-electron chi connectivity index (χ4n) is 2.87. The molecule has 1 aromatic carbocycles. The number of methoxy groups -OCH3 is 2. The average Bonchev–Trinajstić information content (AvgIpc) is 2.58. The fraction of sp³-hybridized carbons (Fsp3) is 0.500. The van der Waals surface area contributed by atoms with Crippen LogP contribution in [0.2, 0.25) is 0 Å². The van der Waals surface area contributed by atoms with E-state index in [1.54, 1.807) is 24.1 Å². The van der Waals surface area contributed by atoms with Gasteiger partial charge in [-0.15, -0.1) is 0 Å². The van der Waals surface area contributed by atoms with Crippen molar-refractivity contribution in [1.29, 1.82) is 0 Å². The van der Waals surface area contributed by atoms with Gasteiger partial charge in [-0.05, 0) is 62.6 Å². The zero-order valence-electron chi connectivity index (χ0n) is 16.3. The highest BCUT2D eigenvalue weighted by atomic mass is 16.6. The van der Waals surface area contributed by atoms with Gasteiger partial charge in [0.05, 0.1) is 25.3 Å². The Bertz CT molecular complexity index is 717. The van der Waals surface area contributed by atoms with Crippen molar-refractivity contribution >= 4 is 17.6 Å². The summed E-state index contributed by atoms with van der Waals surface area (Å²) < 4.78 is 15.7. The molecule has 142 valence electrons. The molecule has 1 amide bonds. The molecular formula is C20H27NO5. The molecule has 1 unspecified atom stereocenters. The Morgan fingerprint density at radius 1 is 1.19 bits per heavy atom. The van der Waals surface area contributed by atoms with Crippen LogP contribution in [0.25, 0.3) is 5.57 Å². The monoisotopic (exact) mass is 361 g/mol. The Hall–Kier alpha value is -2.34. The first-order valence-electron chi connectivity index (χ1n) is 8.55. The second kappa shape index (κ2) is 7.91. The zero-order valence-corrected chi connectivity index (χ0v) is 16.3. The summed E-state index contributed by atoms with van der Waals surface area (Å²) in [4.78, 5) is 25.8. The normalized spacial score (nSPS) is 17.5. The van der Waals surface area contributed by atoms with Crippen molar-refractivity contribution in [3.63, 3.8) is 0 Å². The van der Waals surface area contributed by atoms with E-state index in [-0.39, 0.29) is 18.2 Å². The first-order chi connectivity index (χ1) is 12.1. The molecular weight excluding hydrogens is 334 g/mol. The summed E-state index contributed by atoms with van der Waals surface area (Å²) in [6.07, 6.45) is 1.43. The van der Waals surface area contributed by atoms with E-state index >= 15 is 0 Å². The number of ether oxygens (including phenoxy) is 3. The molecule has 1 aromatic rings. The summed E-state index contributed by atoms with van der Waals surface area (Å²) in [5, 5.41) is 0. The van der Waals surface area contributed by atoms with Gasteiger partial charge in [-0.25, -0.2) is 9.59 Å². The molecule has 6 heteroatoms. The van der Waals surface area contributed by atoms with E-state index in [1.807, 2.05) is 39.8 Å². The van der Waals surface area contributed by atoms with E-state index in [2.05, 4.69) is 0 Å². The number of aryl methyl sites for hydroxylation is 1. The third-order valence-electron chi connectivity index (χ3n) is 4.10. The SMILES string of the molecule is COC(=O)c1ccc(C2=CC(OC)CN(C(=O)OC(C)(C)C)C2)c(C)c1. The Balaban J connectivity index is 2.29. The van der Waals surface area contributed by atoms with Crippen molar-refractivity contribution in [3.05, 3.63) is 41.0 Å². The third kappa shape index (κ3) is 4.85. The predicted molar refractivity (Wildman–Crippen MR) is 99.1 cm³/mol. The standard InChI is InChI=1S/C20H27NO5/c1-13-9-14(18(22)25-6)7-8-17(13)15-10-16(24-5)12-21(11-15)19(23)26-20(2,3)4/h7-10,16H,11-12H2,1-6H3. The molecule has 0 fully saturated rings. The average molecular weight is 361 g/mol. The van der Waals surface area contributed by atoms with E-state index in [0.29, 0.717) is 18.7 Å². The molecule has 2 rings (SSSR count). The Labute approximate surface area is 154 Å². The maximum absolute atomic E-state index is 12.5. The lowest BCUT2D eigenvalue weighted by atomic mass is 9.94. The Morgan fingerprint density at radius 2 is 1.88 bits per heavy atom. The quantitative estimate of drug-likeness (QED) is 0.772. The summed E-state index contributed by atoms with van der Waals surface area (Å²) >= 11 is 0. The maximum Gasteiger partial charge on any atom is 0.410 e. The molecule has 0 bridgehead atoms. The number of nitrogens with zero attached hydrogens (tertiary/aromatic N) is 1. The molecule has 0 N–H and O–H groups in total. The predicted octanol–water partition coefficient (Wildman–Crippen LogP) is 3.43. The second-order valence-corrected chi connectivity index (χ2v) is 7.35. The minimum absolute atomic E-state index is 0.217. The van der Waals surface area contributed by atoms with Gasteiger partial charge in [0.25, 0.3) is 0 Å². The van der Waals surface area contributed by atoms with Gasteiger partial charge in [-0.3, -0.25) is 0 Å². The molecule has 0 saturated carbocycles. The van der Waals surface area contributed by atoms with Crippen LogP contribution in [0.15, 0.2) is 24.3 Å². The van der Waals surface area contributed by atoms with Crippen molar-refractivity contribution in [1.82, 2.24) is 4.90 Å². The van der Waals surface area contributed by atoms with Crippen LogP contribution in [0.3, 0.4) is 0 Å². The van der Waals surface area contributed by atoms with Gasteiger partial charge < -0.3 is 19.1 Å². The minimum atomic E-state index is -0.556. The highest BCUT2D eigenvalue weighted by molar-refractivity contribution is 5.90. The van der Waals surface area contributed by atoms with Gasteiger partial charge in [0.15, 0.2) is 0 Å². The topological polar surface area (TPSA) is 65.1 Å². The van der Waals surface area contributed by atoms with Crippen LogP contribution in [-0.2, 0) is 14.2 Å². The van der Waals surface area contributed by atoms with E-state index in [9.17, 15) is 9.59 Å². The molecule has 1 heterocycles. The lowest BCUT2D eigenvalue weighted by Gasteiger charge is -2.33. The Morgan fingerprint density at radius 3 is 2.42 bits per heavy atom. The number of rotatable bonds is 3. The van der Waals surface area contributed by atoms with Gasteiger partial charge >= 0.3 is 12.1 Å². The minimum Gasteiger partial charge on any atom is -0.465 e. The number of hydrogen-bond donors (Lipinski definition) is 0. The number of amides is 1. The van der Waals surface area contributed by atoms with Crippen molar-refractivity contribution < 1.29 is 23.8 Å². The van der Waals surface area contributed by atoms with Crippen molar-refractivity contribution in [2.45, 2.75) is 39.4 Å². The van der Waals surface area contributed by atoms with Gasteiger partial charge in [0, 0.05) is 13.7 Å². The number of carbonyl (C=O) groups is 2.